The van der Waals surface area contributed by atoms with E-state index in [1.807, 2.05) is 67.6 Å². The van der Waals surface area contributed by atoms with E-state index in [2.05, 4.69) is 26.8 Å². The summed E-state index contributed by atoms with van der Waals surface area (Å²) in [4.78, 5) is 32.1. The highest BCUT2D eigenvalue weighted by molar-refractivity contribution is 9.10. The van der Waals surface area contributed by atoms with Crippen LogP contribution in [0.3, 0.4) is 0 Å². The number of aliphatic hydroxyl groups excluding tert-OH is 1. The van der Waals surface area contributed by atoms with Crippen LogP contribution in [0.2, 0.25) is 0 Å². The highest BCUT2D eigenvalue weighted by Crippen LogP contribution is 2.45. The molecule has 1 heterocycles. The maximum Gasteiger partial charge on any atom is 0.306 e. The molecule has 0 aliphatic carbocycles. The number of ether oxygens (including phenoxy) is 3. The second kappa shape index (κ2) is 14.8. The van der Waals surface area contributed by atoms with Crippen LogP contribution < -0.4 is 15.6 Å². The predicted octanol–water partition coefficient (Wildman–Crippen LogP) is 5.72. The Bertz CT molecular complexity index is 1470. The molecule has 0 bridgehead atoms. The molecular formula is C34H40BrN3O6. The number of aryl methyl sites for hydroxylation is 1. The van der Waals surface area contributed by atoms with Crippen molar-refractivity contribution in [2.24, 2.45) is 4.99 Å². The molecule has 1 aliphatic rings. The first-order valence-electron chi connectivity index (χ1n) is 14.7. The normalized spacial score (nSPS) is 17.9. The molecule has 3 aromatic rings. The van der Waals surface area contributed by atoms with Crippen LogP contribution in [0.4, 0.5) is 0 Å². The van der Waals surface area contributed by atoms with Crippen LogP contribution in [0.15, 0.2) is 82.3 Å². The molecule has 10 heteroatoms. The minimum atomic E-state index is -1.51. The smallest absolute Gasteiger partial charge is 0.306 e. The Morgan fingerprint density at radius 1 is 1.07 bits per heavy atom. The number of aliphatic hydroxyl groups is 1. The van der Waals surface area contributed by atoms with Crippen molar-refractivity contribution in [3.05, 3.63) is 99.5 Å². The summed E-state index contributed by atoms with van der Waals surface area (Å²) in [5.74, 6) is 0.0350. The van der Waals surface area contributed by atoms with Gasteiger partial charge in [-0.2, -0.15) is 0 Å². The average molecular weight is 667 g/mol. The van der Waals surface area contributed by atoms with Crippen molar-refractivity contribution >= 4 is 33.7 Å². The fourth-order valence-electron chi connectivity index (χ4n) is 4.88. The fraction of sp³-hybridized carbons (Fsp3) is 0.382. The summed E-state index contributed by atoms with van der Waals surface area (Å²) < 4.78 is 18.5. The van der Waals surface area contributed by atoms with E-state index in [4.69, 9.17) is 24.3 Å². The zero-order valence-electron chi connectivity index (χ0n) is 25.6. The molecule has 0 saturated heterocycles. The van der Waals surface area contributed by atoms with E-state index < -0.39 is 29.1 Å². The number of hydrazine groups is 1. The standard InChI is InChI=1S/C34H40BrN3O6/c1-23-9-7-10-24(21-23)22-36-38-32(41)34(18-17-29(40)44-33(2,3)4)30(27-11-5-6-12-28(27)35)43-31(37-34)25-13-15-26(16-14-25)42-20-8-19-39/h5-7,9-16,21,30,36,39H,8,17-20,22H2,1-4H3,(H,38,41)/t30-,34-/m0/s1. The number of halogens is 1. The molecule has 1 aliphatic heterocycles. The van der Waals surface area contributed by atoms with Crippen molar-refractivity contribution in [3.63, 3.8) is 0 Å². The van der Waals surface area contributed by atoms with Crippen molar-refractivity contribution in [3.8, 4) is 5.75 Å². The summed E-state index contributed by atoms with van der Waals surface area (Å²) in [6.07, 6.45) is -0.339. The SMILES string of the molecule is Cc1cccc(CNNC(=O)[C@@]2(CCC(=O)OC(C)(C)C)N=C(c3ccc(OCCCO)cc3)O[C@H]2c2ccccc2Br)c1. The molecular weight excluding hydrogens is 626 g/mol. The third-order valence-corrected chi connectivity index (χ3v) is 7.65. The number of benzene rings is 3. The number of hydrogen-bond acceptors (Lipinski definition) is 8. The number of carbonyl (C=O) groups is 2. The molecule has 0 fully saturated rings. The topological polar surface area (TPSA) is 118 Å². The van der Waals surface area contributed by atoms with Gasteiger partial charge in [-0.05, 0) is 70.0 Å². The molecule has 0 radical (unpaired) electrons. The van der Waals surface area contributed by atoms with Crippen LogP contribution >= 0.6 is 15.9 Å². The number of esters is 1. The molecule has 0 aromatic heterocycles. The minimum Gasteiger partial charge on any atom is -0.494 e. The molecule has 0 unspecified atom stereocenters. The van der Waals surface area contributed by atoms with Gasteiger partial charge in [0.15, 0.2) is 11.6 Å². The zero-order chi connectivity index (χ0) is 31.7. The summed E-state index contributed by atoms with van der Waals surface area (Å²) >= 11 is 3.63. The Balaban J connectivity index is 1.69. The Morgan fingerprint density at radius 3 is 2.50 bits per heavy atom. The molecule has 44 heavy (non-hydrogen) atoms. The number of nitrogens with one attached hydrogen (secondary N) is 2. The Kier molecular flexibility index (Phi) is 11.2. The Morgan fingerprint density at radius 2 is 1.82 bits per heavy atom. The number of rotatable bonds is 13. The third kappa shape index (κ3) is 8.68. The minimum absolute atomic E-state index is 0.0394. The van der Waals surface area contributed by atoms with E-state index in [1.54, 1.807) is 32.9 Å². The summed E-state index contributed by atoms with van der Waals surface area (Å²) in [7, 11) is 0. The summed E-state index contributed by atoms with van der Waals surface area (Å²) in [5, 5.41) is 9.04. The lowest BCUT2D eigenvalue weighted by Crippen LogP contribution is -2.52. The fourth-order valence-corrected chi connectivity index (χ4v) is 5.37. The highest BCUT2D eigenvalue weighted by Gasteiger charge is 2.54. The quantitative estimate of drug-likeness (QED) is 0.121. The van der Waals surface area contributed by atoms with Gasteiger partial charge in [-0.1, -0.05) is 64.0 Å². The number of hydrogen-bond donors (Lipinski definition) is 3. The van der Waals surface area contributed by atoms with E-state index in [-0.39, 0.29) is 25.3 Å². The summed E-state index contributed by atoms with van der Waals surface area (Å²) in [6.45, 7) is 8.25. The van der Waals surface area contributed by atoms with Gasteiger partial charge in [-0.25, -0.2) is 10.4 Å². The Labute approximate surface area is 267 Å². The maximum atomic E-state index is 14.2. The van der Waals surface area contributed by atoms with Crippen LogP contribution in [-0.4, -0.2) is 47.2 Å². The molecule has 1 amide bonds. The number of aliphatic imine (C=N–C) groups is 1. The summed E-state index contributed by atoms with van der Waals surface area (Å²) in [5.41, 5.74) is 7.19. The van der Waals surface area contributed by atoms with Gasteiger partial charge in [0.25, 0.3) is 5.91 Å². The lowest BCUT2D eigenvalue weighted by molar-refractivity contribution is -0.155. The van der Waals surface area contributed by atoms with Gasteiger partial charge < -0.3 is 19.3 Å². The van der Waals surface area contributed by atoms with Gasteiger partial charge in [-0.3, -0.25) is 15.0 Å². The highest BCUT2D eigenvalue weighted by atomic mass is 79.9. The lowest BCUT2D eigenvalue weighted by atomic mass is 9.83. The van der Waals surface area contributed by atoms with E-state index in [9.17, 15) is 9.59 Å². The third-order valence-electron chi connectivity index (χ3n) is 6.92. The molecule has 2 atom stereocenters. The monoisotopic (exact) mass is 665 g/mol. The van der Waals surface area contributed by atoms with E-state index >= 15 is 0 Å². The van der Waals surface area contributed by atoms with Crippen molar-refractivity contribution < 1.29 is 28.9 Å². The molecule has 3 aromatic carbocycles. The second-order valence-corrected chi connectivity index (χ2v) is 12.5. The van der Waals surface area contributed by atoms with Gasteiger partial charge in [0.05, 0.1) is 6.61 Å². The second-order valence-electron chi connectivity index (χ2n) is 11.7. The van der Waals surface area contributed by atoms with Gasteiger partial charge in [0.1, 0.15) is 11.4 Å². The first-order chi connectivity index (χ1) is 21.0. The van der Waals surface area contributed by atoms with Crippen LogP contribution in [0.1, 0.15) is 68.4 Å². The average Bonchev–Trinajstić information content (AvgIpc) is 3.37. The maximum absolute atomic E-state index is 14.2. The van der Waals surface area contributed by atoms with Crippen molar-refractivity contribution in [2.45, 2.75) is 70.7 Å². The van der Waals surface area contributed by atoms with Crippen molar-refractivity contribution in [2.75, 3.05) is 13.2 Å². The molecule has 0 saturated carbocycles. The van der Waals surface area contributed by atoms with Gasteiger partial charge in [0.2, 0.25) is 5.90 Å². The molecule has 9 nitrogen and oxygen atoms in total. The number of carbonyl (C=O) groups excluding carboxylic acids is 2. The Hall–Kier alpha value is -3.73. The summed E-state index contributed by atoms with van der Waals surface area (Å²) in [6, 6.07) is 22.7. The molecule has 0 spiro atoms. The first-order valence-corrected chi connectivity index (χ1v) is 15.5. The first kappa shape index (κ1) is 33.2. The van der Waals surface area contributed by atoms with Gasteiger partial charge >= 0.3 is 5.97 Å². The van der Waals surface area contributed by atoms with Crippen LogP contribution in [0.25, 0.3) is 0 Å². The van der Waals surface area contributed by atoms with Crippen molar-refractivity contribution in [1.29, 1.82) is 0 Å². The number of nitrogens with zero attached hydrogens (tertiary/aromatic N) is 1. The zero-order valence-corrected chi connectivity index (χ0v) is 27.1. The van der Waals surface area contributed by atoms with Crippen LogP contribution in [0, 0.1) is 6.92 Å². The van der Waals surface area contributed by atoms with E-state index in [0.29, 0.717) is 36.4 Å². The molecule has 3 N–H and O–H groups in total. The van der Waals surface area contributed by atoms with E-state index in [1.165, 1.54) is 0 Å². The van der Waals surface area contributed by atoms with Crippen molar-refractivity contribution in [1.82, 2.24) is 10.9 Å². The molecule has 234 valence electrons. The molecule has 4 rings (SSSR count). The van der Waals surface area contributed by atoms with E-state index in [0.717, 1.165) is 15.6 Å². The largest absolute Gasteiger partial charge is 0.494 e. The van der Waals surface area contributed by atoms with Gasteiger partial charge in [0, 0.05) is 41.6 Å². The van der Waals surface area contributed by atoms with Crippen LogP contribution in [-0.2, 0) is 25.6 Å². The van der Waals surface area contributed by atoms with Crippen LogP contribution in [0.5, 0.6) is 5.75 Å². The van der Waals surface area contributed by atoms with Gasteiger partial charge in [-0.15, -0.1) is 0 Å². The predicted molar refractivity (Wildman–Crippen MR) is 172 cm³/mol. The lowest BCUT2D eigenvalue weighted by Gasteiger charge is -2.31. The number of amides is 1.